The van der Waals surface area contributed by atoms with Gasteiger partial charge in [-0.25, -0.2) is 4.79 Å². The summed E-state index contributed by atoms with van der Waals surface area (Å²) in [6, 6.07) is 6.74. The highest BCUT2D eigenvalue weighted by Gasteiger charge is 2.40. The van der Waals surface area contributed by atoms with Gasteiger partial charge in [0.15, 0.2) is 0 Å². The zero-order chi connectivity index (χ0) is 11.5. The second kappa shape index (κ2) is 4.33. The van der Waals surface area contributed by atoms with E-state index in [1.807, 2.05) is 0 Å². The molecule has 0 heterocycles. The number of aryl methyl sites for hydroxylation is 1. The highest BCUT2D eigenvalue weighted by molar-refractivity contribution is 5.75. The third-order valence-corrected chi connectivity index (χ3v) is 1.68. The summed E-state index contributed by atoms with van der Waals surface area (Å²) in [5.74, 6) is -2.16. The standard InChI is InChI=1S/C10H9F3O2/c1-7-3-2-4-8(5-7)6-15-9(14)10(11,12)13/h2-5H,6H2,1H3. The van der Waals surface area contributed by atoms with E-state index in [1.54, 1.807) is 31.2 Å². The lowest BCUT2D eigenvalue weighted by molar-refractivity contribution is -0.201. The number of hydrogen-bond donors (Lipinski definition) is 0. The predicted molar refractivity (Wildman–Crippen MR) is 47.0 cm³/mol. The molecular formula is C10H9F3O2. The molecule has 0 amide bonds. The third-order valence-electron chi connectivity index (χ3n) is 1.68. The smallest absolute Gasteiger partial charge is 0.454 e. The van der Waals surface area contributed by atoms with Crippen LogP contribution in [0, 0.1) is 6.92 Å². The van der Waals surface area contributed by atoms with Crippen LogP contribution < -0.4 is 0 Å². The number of alkyl halides is 3. The van der Waals surface area contributed by atoms with Crippen LogP contribution in [0.4, 0.5) is 13.2 Å². The predicted octanol–water partition coefficient (Wildman–Crippen LogP) is 2.60. The van der Waals surface area contributed by atoms with Crippen LogP contribution >= 0.6 is 0 Å². The molecule has 0 fully saturated rings. The van der Waals surface area contributed by atoms with Crippen LogP contribution in [-0.4, -0.2) is 12.1 Å². The number of benzene rings is 1. The Kier molecular flexibility index (Phi) is 3.34. The molecule has 0 aliphatic heterocycles. The van der Waals surface area contributed by atoms with Gasteiger partial charge in [0, 0.05) is 0 Å². The van der Waals surface area contributed by atoms with Crippen molar-refractivity contribution >= 4 is 5.97 Å². The summed E-state index contributed by atoms with van der Waals surface area (Å²) in [6.45, 7) is 1.44. The molecule has 15 heavy (non-hydrogen) atoms. The third kappa shape index (κ3) is 3.61. The highest BCUT2D eigenvalue weighted by Crippen LogP contribution is 2.17. The van der Waals surface area contributed by atoms with Gasteiger partial charge in [0.25, 0.3) is 0 Å². The number of hydrogen-bond acceptors (Lipinski definition) is 2. The molecule has 0 aromatic heterocycles. The molecule has 1 aromatic carbocycles. The van der Waals surface area contributed by atoms with Crippen LogP contribution in [0.15, 0.2) is 24.3 Å². The van der Waals surface area contributed by atoms with Crippen molar-refractivity contribution in [2.45, 2.75) is 19.7 Å². The number of halogens is 3. The molecule has 0 N–H and O–H groups in total. The lowest BCUT2D eigenvalue weighted by Crippen LogP contribution is -2.25. The van der Waals surface area contributed by atoms with Crippen LogP contribution in [0.3, 0.4) is 0 Å². The molecule has 0 aliphatic carbocycles. The number of esters is 1. The zero-order valence-corrected chi connectivity index (χ0v) is 7.97. The van der Waals surface area contributed by atoms with E-state index in [9.17, 15) is 18.0 Å². The van der Waals surface area contributed by atoms with Crippen molar-refractivity contribution < 1.29 is 22.7 Å². The molecule has 0 radical (unpaired) electrons. The molecule has 0 bridgehead atoms. The minimum Gasteiger partial charge on any atom is -0.454 e. The first-order chi connectivity index (χ1) is 6.89. The van der Waals surface area contributed by atoms with Gasteiger partial charge in [-0.15, -0.1) is 0 Å². The number of carbonyl (C=O) groups is 1. The van der Waals surface area contributed by atoms with Gasteiger partial charge in [-0.2, -0.15) is 13.2 Å². The highest BCUT2D eigenvalue weighted by atomic mass is 19.4. The van der Waals surface area contributed by atoms with Crippen LogP contribution in [0.25, 0.3) is 0 Å². The monoisotopic (exact) mass is 218 g/mol. The summed E-state index contributed by atoms with van der Waals surface area (Å²) in [5.41, 5.74) is 1.43. The Bertz CT molecular complexity index is 358. The van der Waals surface area contributed by atoms with Gasteiger partial charge in [0.1, 0.15) is 6.61 Å². The maximum absolute atomic E-state index is 11.8. The average molecular weight is 218 g/mol. The lowest BCUT2D eigenvalue weighted by Gasteiger charge is -2.07. The van der Waals surface area contributed by atoms with Crippen molar-refractivity contribution in [1.82, 2.24) is 0 Å². The van der Waals surface area contributed by atoms with E-state index >= 15 is 0 Å². The summed E-state index contributed by atoms with van der Waals surface area (Å²) < 4.78 is 39.4. The van der Waals surface area contributed by atoms with E-state index in [2.05, 4.69) is 4.74 Å². The largest absolute Gasteiger partial charge is 0.490 e. The molecule has 2 nitrogen and oxygen atoms in total. The van der Waals surface area contributed by atoms with Crippen molar-refractivity contribution in [3.05, 3.63) is 35.4 Å². The maximum Gasteiger partial charge on any atom is 0.490 e. The van der Waals surface area contributed by atoms with E-state index in [4.69, 9.17) is 0 Å². The van der Waals surface area contributed by atoms with Crippen LogP contribution in [0.5, 0.6) is 0 Å². The number of ether oxygens (including phenoxy) is 1. The van der Waals surface area contributed by atoms with E-state index in [0.717, 1.165) is 5.56 Å². The van der Waals surface area contributed by atoms with Gasteiger partial charge in [-0.1, -0.05) is 29.8 Å². The second-order valence-electron chi connectivity index (χ2n) is 3.06. The summed E-state index contributed by atoms with van der Waals surface area (Å²) in [4.78, 5) is 10.4. The van der Waals surface area contributed by atoms with Gasteiger partial charge in [-0.05, 0) is 12.5 Å². The Morgan fingerprint density at radius 1 is 1.40 bits per heavy atom. The second-order valence-corrected chi connectivity index (χ2v) is 3.06. The Labute approximate surface area is 84.7 Å². The van der Waals surface area contributed by atoms with Crippen LogP contribution in [0.2, 0.25) is 0 Å². The molecule has 82 valence electrons. The lowest BCUT2D eigenvalue weighted by atomic mass is 10.1. The summed E-state index contributed by atoms with van der Waals surface area (Å²) in [7, 11) is 0. The van der Waals surface area contributed by atoms with Gasteiger partial charge < -0.3 is 4.74 Å². The van der Waals surface area contributed by atoms with Gasteiger partial charge in [0.05, 0.1) is 0 Å². The summed E-state index contributed by atoms with van der Waals surface area (Å²) in [5, 5.41) is 0. The number of carbonyl (C=O) groups excluding carboxylic acids is 1. The maximum atomic E-state index is 11.8. The minimum absolute atomic E-state index is 0.361. The van der Waals surface area contributed by atoms with Crippen molar-refractivity contribution in [3.63, 3.8) is 0 Å². The summed E-state index contributed by atoms with van der Waals surface area (Å²) in [6.07, 6.45) is -4.93. The first-order valence-corrected chi connectivity index (χ1v) is 4.19. The van der Waals surface area contributed by atoms with Gasteiger partial charge in [0.2, 0.25) is 0 Å². The minimum atomic E-state index is -4.93. The summed E-state index contributed by atoms with van der Waals surface area (Å²) >= 11 is 0. The molecular weight excluding hydrogens is 209 g/mol. The molecule has 0 unspecified atom stereocenters. The Hall–Kier alpha value is -1.52. The Morgan fingerprint density at radius 2 is 2.07 bits per heavy atom. The molecule has 0 saturated heterocycles. The molecule has 5 heteroatoms. The first kappa shape index (κ1) is 11.6. The van der Waals surface area contributed by atoms with E-state index in [-0.39, 0.29) is 6.61 Å². The van der Waals surface area contributed by atoms with E-state index < -0.39 is 12.1 Å². The van der Waals surface area contributed by atoms with Crippen LogP contribution in [-0.2, 0) is 16.1 Å². The Balaban J connectivity index is 2.55. The molecule has 1 aromatic rings. The fourth-order valence-corrected chi connectivity index (χ4v) is 1.03. The van der Waals surface area contributed by atoms with E-state index in [1.165, 1.54) is 0 Å². The van der Waals surface area contributed by atoms with Crippen molar-refractivity contribution in [1.29, 1.82) is 0 Å². The topological polar surface area (TPSA) is 26.3 Å². The fourth-order valence-electron chi connectivity index (χ4n) is 1.03. The van der Waals surface area contributed by atoms with Crippen LogP contribution in [0.1, 0.15) is 11.1 Å². The van der Waals surface area contributed by atoms with Crippen molar-refractivity contribution in [2.75, 3.05) is 0 Å². The molecule has 0 aliphatic rings. The normalized spacial score (nSPS) is 11.2. The molecule has 0 saturated carbocycles. The SMILES string of the molecule is Cc1cccc(COC(=O)C(F)(F)F)c1. The van der Waals surface area contributed by atoms with Crippen molar-refractivity contribution in [3.8, 4) is 0 Å². The Morgan fingerprint density at radius 3 is 2.60 bits per heavy atom. The van der Waals surface area contributed by atoms with Crippen molar-refractivity contribution in [2.24, 2.45) is 0 Å². The zero-order valence-electron chi connectivity index (χ0n) is 7.97. The van der Waals surface area contributed by atoms with E-state index in [0.29, 0.717) is 5.56 Å². The molecule has 0 spiro atoms. The quantitative estimate of drug-likeness (QED) is 0.713. The molecule has 0 atom stereocenters. The fraction of sp³-hybridized carbons (Fsp3) is 0.300. The first-order valence-electron chi connectivity index (χ1n) is 4.19. The van der Waals surface area contributed by atoms with Gasteiger partial charge in [-0.3, -0.25) is 0 Å². The number of rotatable bonds is 2. The van der Waals surface area contributed by atoms with Gasteiger partial charge >= 0.3 is 12.1 Å². The molecule has 1 rings (SSSR count). The average Bonchev–Trinajstić information content (AvgIpc) is 2.12.